The van der Waals surface area contributed by atoms with E-state index in [1.54, 1.807) is 5.56 Å². The van der Waals surface area contributed by atoms with Crippen molar-refractivity contribution >= 4 is 0 Å². The van der Waals surface area contributed by atoms with Crippen molar-refractivity contribution in [3.8, 4) is 0 Å². The molecule has 1 heterocycles. The molecule has 0 unspecified atom stereocenters. The highest BCUT2D eigenvalue weighted by Gasteiger charge is 2.28. The van der Waals surface area contributed by atoms with Gasteiger partial charge in [-0.1, -0.05) is 43.5 Å². The number of nitrogens with zero attached hydrogens (tertiary/aromatic N) is 1. The van der Waals surface area contributed by atoms with Gasteiger partial charge in [-0.2, -0.15) is 0 Å². The summed E-state index contributed by atoms with van der Waals surface area (Å²) in [7, 11) is 0. The predicted octanol–water partition coefficient (Wildman–Crippen LogP) is 3.10. The summed E-state index contributed by atoms with van der Waals surface area (Å²) in [4.78, 5) is 2.59. The maximum Gasteiger partial charge on any atom is 0.0236 e. The molecule has 1 saturated carbocycles. The van der Waals surface area contributed by atoms with Crippen LogP contribution < -0.4 is 5.73 Å². The molecule has 1 aromatic carbocycles. The lowest BCUT2D eigenvalue weighted by atomic mass is 9.80. The van der Waals surface area contributed by atoms with Crippen molar-refractivity contribution in [1.29, 1.82) is 0 Å². The molecule has 0 atom stereocenters. The maximum absolute atomic E-state index is 6.54. The minimum absolute atomic E-state index is 0.134. The van der Waals surface area contributed by atoms with Crippen LogP contribution in [0.4, 0.5) is 0 Å². The van der Waals surface area contributed by atoms with Gasteiger partial charge in [-0.05, 0) is 36.8 Å². The lowest BCUT2D eigenvalue weighted by Gasteiger charge is -2.36. The van der Waals surface area contributed by atoms with Gasteiger partial charge in [-0.25, -0.2) is 0 Å². The quantitative estimate of drug-likeness (QED) is 0.902. The van der Waals surface area contributed by atoms with E-state index in [9.17, 15) is 0 Å². The molecule has 1 aliphatic heterocycles. The maximum atomic E-state index is 6.54. The van der Waals surface area contributed by atoms with E-state index in [0.29, 0.717) is 0 Å². The molecular weight excluding hydrogens is 232 g/mol. The van der Waals surface area contributed by atoms with Crippen molar-refractivity contribution < 1.29 is 0 Å². The van der Waals surface area contributed by atoms with Gasteiger partial charge >= 0.3 is 0 Å². The molecule has 104 valence electrons. The minimum Gasteiger partial charge on any atom is -0.325 e. The molecule has 2 heteroatoms. The summed E-state index contributed by atoms with van der Waals surface area (Å²) in [5.74, 6) is 0. The van der Waals surface area contributed by atoms with Crippen LogP contribution in [0.15, 0.2) is 24.3 Å². The highest BCUT2D eigenvalue weighted by molar-refractivity contribution is 5.29. The third-order valence-corrected chi connectivity index (χ3v) is 4.98. The second-order valence-electron chi connectivity index (χ2n) is 6.47. The first-order valence-corrected chi connectivity index (χ1v) is 7.83. The average Bonchev–Trinajstić information content (AvgIpc) is 2.46. The average molecular weight is 258 g/mol. The fourth-order valence-electron chi connectivity index (χ4n) is 3.63. The molecule has 0 radical (unpaired) electrons. The number of hydrogen-bond acceptors (Lipinski definition) is 2. The molecule has 1 fully saturated rings. The van der Waals surface area contributed by atoms with Gasteiger partial charge in [0.1, 0.15) is 0 Å². The molecule has 0 bridgehead atoms. The lowest BCUT2D eigenvalue weighted by molar-refractivity contribution is 0.197. The van der Waals surface area contributed by atoms with E-state index in [2.05, 4.69) is 29.2 Å². The van der Waals surface area contributed by atoms with Gasteiger partial charge in [0.25, 0.3) is 0 Å². The van der Waals surface area contributed by atoms with Crippen molar-refractivity contribution in [2.75, 3.05) is 13.1 Å². The number of nitrogens with two attached hydrogens (primary N) is 1. The second-order valence-corrected chi connectivity index (χ2v) is 6.47. The Kier molecular flexibility index (Phi) is 3.90. The third-order valence-electron chi connectivity index (χ3n) is 4.98. The molecule has 0 saturated heterocycles. The first kappa shape index (κ1) is 13.1. The van der Waals surface area contributed by atoms with Gasteiger partial charge in [0, 0.05) is 25.2 Å². The van der Waals surface area contributed by atoms with Gasteiger partial charge < -0.3 is 5.73 Å². The van der Waals surface area contributed by atoms with Crippen LogP contribution in [0.2, 0.25) is 0 Å². The first-order chi connectivity index (χ1) is 9.25. The van der Waals surface area contributed by atoms with E-state index in [0.717, 1.165) is 6.54 Å². The summed E-state index contributed by atoms with van der Waals surface area (Å²) in [5.41, 5.74) is 9.74. The van der Waals surface area contributed by atoms with E-state index in [1.165, 1.54) is 63.6 Å². The molecule has 3 rings (SSSR count). The van der Waals surface area contributed by atoms with E-state index >= 15 is 0 Å². The Morgan fingerprint density at radius 1 is 1.05 bits per heavy atom. The number of fused-ring (bicyclic) bond motifs is 1. The van der Waals surface area contributed by atoms with Crippen molar-refractivity contribution in [3.05, 3.63) is 35.4 Å². The molecular formula is C17H26N2. The van der Waals surface area contributed by atoms with Gasteiger partial charge in [0.2, 0.25) is 0 Å². The number of hydrogen-bond donors (Lipinski definition) is 1. The molecule has 1 aromatic rings. The summed E-state index contributed by atoms with van der Waals surface area (Å²) in [6.07, 6.45) is 8.90. The predicted molar refractivity (Wildman–Crippen MR) is 80.0 cm³/mol. The highest BCUT2D eigenvalue weighted by atomic mass is 15.1. The van der Waals surface area contributed by atoms with Crippen molar-refractivity contribution in [1.82, 2.24) is 4.90 Å². The topological polar surface area (TPSA) is 29.3 Å². The van der Waals surface area contributed by atoms with Crippen molar-refractivity contribution in [2.24, 2.45) is 5.73 Å². The Morgan fingerprint density at radius 3 is 2.58 bits per heavy atom. The van der Waals surface area contributed by atoms with Gasteiger partial charge in [-0.15, -0.1) is 0 Å². The van der Waals surface area contributed by atoms with E-state index in [-0.39, 0.29) is 5.54 Å². The summed E-state index contributed by atoms with van der Waals surface area (Å²) < 4.78 is 0. The zero-order valence-corrected chi connectivity index (χ0v) is 11.9. The minimum atomic E-state index is 0.134. The van der Waals surface area contributed by atoms with Crippen LogP contribution in [0, 0.1) is 0 Å². The highest BCUT2D eigenvalue weighted by Crippen LogP contribution is 2.29. The second kappa shape index (κ2) is 5.64. The molecule has 2 aliphatic rings. The summed E-state index contributed by atoms with van der Waals surface area (Å²) in [5, 5.41) is 0. The van der Waals surface area contributed by atoms with Crippen LogP contribution in [0.3, 0.4) is 0 Å². The van der Waals surface area contributed by atoms with Crippen LogP contribution in [-0.2, 0) is 13.0 Å². The molecule has 19 heavy (non-hydrogen) atoms. The lowest BCUT2D eigenvalue weighted by Crippen LogP contribution is -2.45. The normalized spacial score (nSPS) is 23.0. The van der Waals surface area contributed by atoms with Gasteiger partial charge in [0.05, 0.1) is 0 Å². The summed E-state index contributed by atoms with van der Waals surface area (Å²) in [6.45, 7) is 3.49. The standard InChI is InChI=1S/C17H26N2/c18-17(9-4-1-5-10-17)11-13-19-12-8-15-6-2-3-7-16(15)14-19/h2-3,6-7H,1,4-5,8-14,18H2. The SMILES string of the molecule is NC1(CCN2CCc3ccccc3C2)CCCCC1. The molecule has 0 spiro atoms. The fraction of sp³-hybridized carbons (Fsp3) is 0.647. The Bertz CT molecular complexity index is 421. The monoisotopic (exact) mass is 258 g/mol. The van der Waals surface area contributed by atoms with Gasteiger partial charge in [0.15, 0.2) is 0 Å². The Labute approximate surface area is 117 Å². The molecule has 0 aromatic heterocycles. The van der Waals surface area contributed by atoms with Crippen LogP contribution in [0.5, 0.6) is 0 Å². The van der Waals surface area contributed by atoms with Crippen molar-refractivity contribution in [3.63, 3.8) is 0 Å². The Morgan fingerprint density at radius 2 is 1.79 bits per heavy atom. The molecule has 1 aliphatic carbocycles. The zero-order valence-electron chi connectivity index (χ0n) is 11.9. The van der Waals surface area contributed by atoms with Crippen LogP contribution in [0.25, 0.3) is 0 Å². The van der Waals surface area contributed by atoms with Crippen molar-refractivity contribution in [2.45, 2.75) is 57.0 Å². The van der Waals surface area contributed by atoms with Crippen LogP contribution in [0.1, 0.15) is 49.7 Å². The Balaban J connectivity index is 1.54. The van der Waals surface area contributed by atoms with E-state index in [4.69, 9.17) is 5.73 Å². The van der Waals surface area contributed by atoms with Gasteiger partial charge in [-0.3, -0.25) is 4.90 Å². The molecule has 2 N–H and O–H groups in total. The summed E-state index contributed by atoms with van der Waals surface area (Å²) >= 11 is 0. The first-order valence-electron chi connectivity index (χ1n) is 7.83. The molecule has 0 amide bonds. The van der Waals surface area contributed by atoms with Crippen LogP contribution >= 0.6 is 0 Å². The van der Waals surface area contributed by atoms with Crippen LogP contribution in [-0.4, -0.2) is 23.5 Å². The molecule has 2 nitrogen and oxygen atoms in total. The third kappa shape index (κ3) is 3.18. The summed E-state index contributed by atoms with van der Waals surface area (Å²) in [6, 6.07) is 8.87. The van der Waals surface area contributed by atoms with E-state index in [1.807, 2.05) is 0 Å². The largest absolute Gasteiger partial charge is 0.325 e. The smallest absolute Gasteiger partial charge is 0.0236 e. The number of rotatable bonds is 3. The number of benzene rings is 1. The van der Waals surface area contributed by atoms with E-state index < -0.39 is 0 Å². The fourth-order valence-corrected chi connectivity index (χ4v) is 3.63. The zero-order chi connectivity index (χ0) is 13.1. The Hall–Kier alpha value is -0.860.